The van der Waals surface area contributed by atoms with Crippen LogP contribution < -0.4 is 14.5 Å². The average Bonchev–Trinajstić information content (AvgIpc) is 1.71. The van der Waals surface area contributed by atoms with E-state index in [2.05, 4.69) is 323 Å². The zero-order chi connectivity index (χ0) is 58.3. The maximum atomic E-state index is 7.17. The van der Waals surface area contributed by atoms with E-state index in [-0.39, 0.29) is 31.9 Å². The first-order valence-electron chi connectivity index (χ1n) is 29.8. The molecule has 0 saturated carbocycles. The number of rotatable bonds is 10. The summed E-state index contributed by atoms with van der Waals surface area (Å²) in [5.74, 6) is 1.99. The molecular formula is C81H63N4OPt-3. The number of para-hydroxylation sites is 3. The summed E-state index contributed by atoms with van der Waals surface area (Å²) >= 11 is 0. The van der Waals surface area contributed by atoms with E-state index < -0.39 is 5.41 Å². The van der Waals surface area contributed by atoms with Crippen molar-refractivity contribution in [2.45, 2.75) is 57.8 Å². The Morgan fingerprint density at radius 1 is 0.437 bits per heavy atom. The van der Waals surface area contributed by atoms with Gasteiger partial charge in [0.2, 0.25) is 0 Å². The second-order valence-electron chi connectivity index (χ2n) is 24.8. The van der Waals surface area contributed by atoms with Crippen LogP contribution in [-0.2, 0) is 37.3 Å². The number of benzene rings is 11. The molecule has 6 heteroatoms. The molecule has 0 amide bonds. The Kier molecular flexibility index (Phi) is 13.8. The van der Waals surface area contributed by atoms with Crippen LogP contribution in [0.1, 0.15) is 74.9 Å². The first-order valence-corrected chi connectivity index (χ1v) is 29.8. The first-order chi connectivity index (χ1) is 41.9. The minimum Gasteiger partial charge on any atom is -0.509 e. The smallest absolute Gasteiger partial charge is 0.135 e. The number of ether oxygens (including phenoxy) is 1. The van der Waals surface area contributed by atoms with Crippen LogP contribution in [0.2, 0.25) is 0 Å². The van der Waals surface area contributed by atoms with Crippen molar-refractivity contribution in [2.75, 3.05) is 9.80 Å². The van der Waals surface area contributed by atoms with Crippen LogP contribution in [0.5, 0.6) is 11.5 Å². The average molecular weight is 1300 g/mol. The fourth-order valence-corrected chi connectivity index (χ4v) is 13.3. The molecule has 2 aromatic heterocycles. The van der Waals surface area contributed by atoms with Crippen LogP contribution in [0.4, 0.5) is 22.7 Å². The van der Waals surface area contributed by atoms with Crippen LogP contribution >= 0.6 is 0 Å². The molecule has 13 aromatic rings. The Balaban J connectivity index is 0.00000667. The van der Waals surface area contributed by atoms with Crippen LogP contribution in [0.15, 0.2) is 267 Å². The summed E-state index contributed by atoms with van der Waals surface area (Å²) in [4.78, 5) is 9.61. The van der Waals surface area contributed by atoms with E-state index in [9.17, 15) is 0 Å². The molecule has 0 atom stereocenters. The summed E-state index contributed by atoms with van der Waals surface area (Å²) in [6.45, 7) is 15.8. The van der Waals surface area contributed by atoms with Crippen LogP contribution in [0.25, 0.3) is 72.1 Å². The molecule has 426 valence electrons. The van der Waals surface area contributed by atoms with Gasteiger partial charge in [0.05, 0.1) is 5.41 Å². The maximum Gasteiger partial charge on any atom is 0.135 e. The molecule has 0 unspecified atom stereocenters. The summed E-state index contributed by atoms with van der Waals surface area (Å²) in [6.07, 6.45) is 1.91. The first kappa shape index (κ1) is 55.3. The van der Waals surface area contributed by atoms with E-state index in [1.165, 1.54) is 44.5 Å². The molecule has 11 aromatic carbocycles. The van der Waals surface area contributed by atoms with Crippen LogP contribution in [-0.4, -0.2) is 9.55 Å². The van der Waals surface area contributed by atoms with Crippen molar-refractivity contribution in [3.63, 3.8) is 0 Å². The molecule has 3 heterocycles. The Hall–Kier alpha value is -9.54. The van der Waals surface area contributed by atoms with Crippen molar-refractivity contribution in [3.8, 4) is 61.8 Å². The summed E-state index contributed by atoms with van der Waals surface area (Å²) in [5, 5.41) is 2.19. The molecular weight excluding hydrogens is 1240 g/mol. The zero-order valence-electron chi connectivity index (χ0n) is 49.5. The van der Waals surface area contributed by atoms with E-state index >= 15 is 0 Å². The second kappa shape index (κ2) is 21.8. The predicted molar refractivity (Wildman–Crippen MR) is 355 cm³/mol. The number of anilines is 4. The summed E-state index contributed by atoms with van der Waals surface area (Å²) in [5.41, 5.74) is 21.5. The van der Waals surface area contributed by atoms with Crippen molar-refractivity contribution in [1.82, 2.24) is 9.55 Å². The molecule has 0 spiro atoms. The van der Waals surface area contributed by atoms with Crippen molar-refractivity contribution < 1.29 is 25.8 Å². The molecule has 0 fully saturated rings. The Labute approximate surface area is 525 Å². The topological polar surface area (TPSA) is 33.5 Å². The largest absolute Gasteiger partial charge is 0.509 e. The van der Waals surface area contributed by atoms with Gasteiger partial charge in [0, 0.05) is 72.5 Å². The van der Waals surface area contributed by atoms with Crippen molar-refractivity contribution in [1.29, 1.82) is 0 Å². The zero-order valence-corrected chi connectivity index (χ0v) is 51.8. The Morgan fingerprint density at radius 2 is 0.977 bits per heavy atom. The van der Waals surface area contributed by atoms with Gasteiger partial charge in [-0.25, -0.2) is 4.98 Å². The molecule has 15 rings (SSSR count). The number of nitrogens with zero attached hydrogens (tertiary/aromatic N) is 4. The van der Waals surface area contributed by atoms with Crippen LogP contribution in [0.3, 0.4) is 0 Å². The predicted octanol–water partition coefficient (Wildman–Crippen LogP) is 20.9. The van der Waals surface area contributed by atoms with Gasteiger partial charge >= 0.3 is 0 Å². The molecule has 87 heavy (non-hydrogen) atoms. The number of pyridine rings is 1. The van der Waals surface area contributed by atoms with Gasteiger partial charge in [-0.2, -0.15) is 12.1 Å². The molecule has 0 radical (unpaired) electrons. The minimum absolute atomic E-state index is 0. The van der Waals surface area contributed by atoms with Crippen molar-refractivity contribution in [3.05, 3.63) is 319 Å². The van der Waals surface area contributed by atoms with E-state index in [4.69, 9.17) is 9.72 Å². The number of aromatic nitrogens is 2. The second-order valence-corrected chi connectivity index (χ2v) is 24.8. The van der Waals surface area contributed by atoms with Gasteiger partial charge in [-0.1, -0.05) is 252 Å². The fraction of sp³-hybridized carbons (Fsp3) is 0.111. The van der Waals surface area contributed by atoms with E-state index in [0.29, 0.717) is 11.5 Å². The number of hydrogen-bond donors (Lipinski definition) is 0. The van der Waals surface area contributed by atoms with Crippen molar-refractivity contribution in [2.24, 2.45) is 0 Å². The van der Waals surface area contributed by atoms with Gasteiger partial charge in [0.15, 0.2) is 0 Å². The van der Waals surface area contributed by atoms with E-state index in [0.717, 1.165) is 83.8 Å². The van der Waals surface area contributed by atoms with Crippen molar-refractivity contribution >= 4 is 44.6 Å². The molecule has 0 N–H and O–H groups in total. The molecule has 0 bridgehead atoms. The molecule has 1 aliphatic heterocycles. The van der Waals surface area contributed by atoms with E-state index in [1.54, 1.807) is 0 Å². The molecule has 0 saturated heterocycles. The molecule has 2 aliphatic rings. The number of fused-ring (bicyclic) bond motifs is 7. The Morgan fingerprint density at radius 3 is 1.59 bits per heavy atom. The fourth-order valence-electron chi connectivity index (χ4n) is 13.3. The quantitative estimate of drug-likeness (QED) is 0.128. The van der Waals surface area contributed by atoms with Gasteiger partial charge in [-0.3, -0.25) is 0 Å². The summed E-state index contributed by atoms with van der Waals surface area (Å²) in [7, 11) is 0. The van der Waals surface area contributed by atoms with Gasteiger partial charge in [-0.15, -0.1) is 42.0 Å². The van der Waals surface area contributed by atoms with E-state index in [1.807, 2.05) is 18.3 Å². The molecule has 5 nitrogen and oxygen atoms in total. The van der Waals surface area contributed by atoms with Gasteiger partial charge in [-0.05, 0) is 114 Å². The van der Waals surface area contributed by atoms with Gasteiger partial charge in [0.25, 0.3) is 0 Å². The molecule has 1 aliphatic carbocycles. The maximum absolute atomic E-state index is 7.17. The van der Waals surface area contributed by atoms with Gasteiger partial charge < -0.3 is 19.1 Å². The monoisotopic (exact) mass is 1300 g/mol. The summed E-state index contributed by atoms with van der Waals surface area (Å²) in [6, 6.07) is 102. The summed E-state index contributed by atoms with van der Waals surface area (Å²) < 4.78 is 9.39. The SMILES string of the molecule is CC(C)(C)c1ccc(C2(c3cc(-c4ccccc4)c(N4[CH-]N(c5[c-]c(Oc6[c-]c7c(cc6)c6ccccc6n7-c6cc(C(C)(C)C)ccn6)c(-c6ccccc6)cc5)c5ccccc54)c(-c4ccccc4)c3)c3ccccc3-c3ccccc32)cc1.[Pt]. The Bertz CT molecular complexity index is 4620. The van der Waals surface area contributed by atoms with Crippen LogP contribution in [0, 0.1) is 18.8 Å². The normalized spacial score (nSPS) is 13.3. The minimum atomic E-state index is -0.660. The standard InChI is InChI=1S/C81H63N4O.Pt/c1-79(2,3)57-38-40-58(41-39-57)81(70-33-19-16-30-64(70)65-31-17-20-34-71(65)81)60-48-68(55-26-12-8-13-27-55)78(69(49-60)56-28-14-9-15-29-56)84-53-83(73-36-22-23-37-74(73)84)61-42-44-63(54-24-10-7-11-25-54)76(51-61)86-62-43-45-67-66-32-18-21-35-72(66)85(75(67)52-62)77-50-59(46-47-82-77)80(4,5)6;/h7-50,53H,1-6H3;/q-3;. The third-order valence-corrected chi connectivity index (χ3v) is 17.6. The number of hydrogen-bond acceptors (Lipinski definition) is 4. The third-order valence-electron chi connectivity index (χ3n) is 17.6. The third kappa shape index (κ3) is 9.39. The van der Waals surface area contributed by atoms with Gasteiger partial charge in [0.1, 0.15) is 5.82 Å².